The molecule has 0 radical (unpaired) electrons. The summed E-state index contributed by atoms with van der Waals surface area (Å²) in [5.41, 5.74) is 11.2. The maximum Gasteiger partial charge on any atom is 0.340 e. The first-order valence-corrected chi connectivity index (χ1v) is 18.5. The number of rotatable bonds is 13. The number of nitrogens with zero attached hydrogens (tertiary/aromatic N) is 1. The largest absolute Gasteiger partial charge is 0.507 e. The minimum atomic E-state index is -2.76. The van der Waals surface area contributed by atoms with E-state index >= 15 is 0 Å². The Morgan fingerprint density at radius 1 is 0.917 bits per heavy atom. The third-order valence-corrected chi connectivity index (χ3v) is 10.2. The van der Waals surface area contributed by atoms with Crippen molar-refractivity contribution in [2.45, 2.75) is 93.5 Å². The maximum absolute atomic E-state index is 13.9. The summed E-state index contributed by atoms with van der Waals surface area (Å²) in [6, 6.07) is 7.59. The highest BCUT2D eigenvalue weighted by molar-refractivity contribution is 5.88. The quantitative estimate of drug-likeness (QED) is 0.0230. The summed E-state index contributed by atoms with van der Waals surface area (Å²) >= 11 is 0. The minimum absolute atomic E-state index is 0.0623. The fraction of sp³-hybridized carbons (Fsp3) is 0.421. The second kappa shape index (κ2) is 17.3. The smallest absolute Gasteiger partial charge is 0.340 e. The Morgan fingerprint density at radius 3 is 2.28 bits per heavy atom. The zero-order valence-electron chi connectivity index (χ0n) is 31.6. The fourth-order valence-corrected chi connectivity index (χ4v) is 6.96. The van der Waals surface area contributed by atoms with Gasteiger partial charge < -0.3 is 90.9 Å². The van der Waals surface area contributed by atoms with Crippen molar-refractivity contribution in [2.75, 3.05) is 6.54 Å². The molecular formula is C38H44N4O18. The van der Waals surface area contributed by atoms with Gasteiger partial charge in [-0.2, -0.15) is 0 Å². The van der Waals surface area contributed by atoms with Crippen LogP contribution in [0.3, 0.4) is 0 Å². The molecule has 0 aliphatic carbocycles. The van der Waals surface area contributed by atoms with Crippen LogP contribution in [0.1, 0.15) is 36.6 Å². The van der Waals surface area contributed by atoms with Crippen LogP contribution < -0.4 is 21.6 Å². The number of benzene rings is 2. The van der Waals surface area contributed by atoms with E-state index in [0.717, 1.165) is 30.0 Å². The van der Waals surface area contributed by atoms with Crippen molar-refractivity contribution in [2.24, 2.45) is 16.5 Å². The average molecular weight is 845 g/mol. The van der Waals surface area contributed by atoms with Crippen molar-refractivity contribution in [3.8, 4) is 34.3 Å². The second-order valence-corrected chi connectivity index (χ2v) is 14.3. The first-order chi connectivity index (χ1) is 28.3. The molecule has 0 bridgehead atoms. The molecule has 2 aliphatic rings. The number of aliphatic imine (C=N–C) groups is 1. The number of hydrogen-bond acceptors (Lipinski definition) is 18. The number of aliphatic hydroxyl groups is 6. The number of nitrogens with one attached hydrogen (secondary N) is 1. The molecule has 15 N–H and O–H groups in total. The van der Waals surface area contributed by atoms with Crippen LogP contribution in [0, 0.1) is 0 Å². The van der Waals surface area contributed by atoms with E-state index < -0.39 is 102 Å². The molecule has 6 rings (SSSR count). The van der Waals surface area contributed by atoms with E-state index in [2.05, 4.69) is 9.98 Å². The molecule has 2 aromatic heterocycles. The number of phenols is 3. The predicted molar refractivity (Wildman–Crippen MR) is 202 cm³/mol. The van der Waals surface area contributed by atoms with Gasteiger partial charge in [0.15, 0.2) is 35.1 Å². The third-order valence-electron chi connectivity index (χ3n) is 10.2. The second-order valence-electron chi connectivity index (χ2n) is 14.3. The van der Waals surface area contributed by atoms with Crippen molar-refractivity contribution in [1.82, 2.24) is 4.98 Å². The van der Waals surface area contributed by atoms with Crippen molar-refractivity contribution in [3.05, 3.63) is 69.6 Å². The number of phenolic OH excluding ortho intramolecular Hbond substituents is 3. The van der Waals surface area contributed by atoms with Gasteiger partial charge in [-0.25, -0.2) is 9.59 Å². The summed E-state index contributed by atoms with van der Waals surface area (Å²) in [4.78, 5) is 46.2. The Labute approximate surface area is 338 Å². The number of aryl methyl sites for hydroxylation is 1. The van der Waals surface area contributed by atoms with Gasteiger partial charge in [-0.3, -0.25) is 9.79 Å². The monoisotopic (exact) mass is 844 g/mol. The number of hydrogen-bond donors (Lipinski definition) is 13. The van der Waals surface area contributed by atoms with E-state index in [9.17, 15) is 65.4 Å². The van der Waals surface area contributed by atoms with Gasteiger partial charge in [0.1, 0.15) is 64.9 Å². The van der Waals surface area contributed by atoms with Gasteiger partial charge in [0.2, 0.25) is 12.1 Å². The van der Waals surface area contributed by atoms with Crippen LogP contribution >= 0.6 is 0 Å². The Balaban J connectivity index is 1.38. The molecule has 2 aromatic carbocycles. The molecule has 324 valence electrons. The number of fused-ring (bicyclic) bond motifs is 1. The molecule has 0 amide bonds. The average Bonchev–Trinajstić information content (AvgIpc) is 3.67. The van der Waals surface area contributed by atoms with Crippen LogP contribution in [0.4, 0.5) is 0 Å². The summed E-state index contributed by atoms with van der Waals surface area (Å²) in [5.74, 6) is -8.59. The molecule has 0 spiro atoms. The zero-order chi connectivity index (χ0) is 43.8. The SMILES string of the molecule is CCc1cc(Cc2c(OC3OC(C(=O)OC4(CCCN=C(N)N)OC(C(=O)O)C(O)C(O)C4O)C(O)C(O)C3O)cc3oc(-c4ccc(O)c(O)c4)cc(=O)c3c2O)c[nH]1. The van der Waals surface area contributed by atoms with E-state index in [-0.39, 0.29) is 59.0 Å². The van der Waals surface area contributed by atoms with Crippen molar-refractivity contribution < 1.29 is 84.0 Å². The van der Waals surface area contributed by atoms with Gasteiger partial charge in [-0.1, -0.05) is 6.92 Å². The number of carbonyl (C=O) groups excluding carboxylic acids is 1. The molecule has 4 heterocycles. The third kappa shape index (κ3) is 8.53. The Kier molecular flexibility index (Phi) is 12.6. The number of aromatic hydroxyl groups is 3. The van der Waals surface area contributed by atoms with Crippen LogP contribution in [-0.4, -0.2) is 141 Å². The number of aromatic amines is 1. The van der Waals surface area contributed by atoms with Gasteiger partial charge in [0.25, 0.3) is 0 Å². The Bertz CT molecular complexity index is 2330. The van der Waals surface area contributed by atoms with E-state index in [4.69, 9.17) is 34.8 Å². The Morgan fingerprint density at radius 2 is 1.63 bits per heavy atom. The number of ether oxygens (including phenoxy) is 4. The van der Waals surface area contributed by atoms with Crippen molar-refractivity contribution >= 4 is 28.9 Å². The number of carbonyl (C=O) groups is 2. The van der Waals surface area contributed by atoms with Crippen LogP contribution in [0.2, 0.25) is 0 Å². The molecule has 22 heteroatoms. The molecule has 10 atom stereocenters. The highest BCUT2D eigenvalue weighted by Gasteiger charge is 2.59. The summed E-state index contributed by atoms with van der Waals surface area (Å²) in [6.07, 6.45) is -18.7. The lowest BCUT2D eigenvalue weighted by Gasteiger charge is -2.47. The molecule has 2 fully saturated rings. The molecule has 60 heavy (non-hydrogen) atoms. The number of carboxylic acids is 1. The number of esters is 1. The number of nitrogens with two attached hydrogens (primary N) is 2. The van der Waals surface area contributed by atoms with E-state index in [1.807, 2.05) is 6.92 Å². The molecule has 0 saturated carbocycles. The first-order valence-electron chi connectivity index (χ1n) is 18.5. The first kappa shape index (κ1) is 43.6. The zero-order valence-corrected chi connectivity index (χ0v) is 31.6. The standard InChI is InChI=1S/C38H44N4O18/c1-2-16-8-14(13-42-16)9-17-22(12-23-24(25(17)46)20(45)11-21(56-23)15-4-5-18(43)19(44)10-15)57-36-30(51)26(47)27(48)32(58-36)35(55)60-38(6-3-7-41-37(39)40)33(52)29(50)28(49)31(59-38)34(53)54/h4-5,8,10-13,26-33,36,42-44,46-52H,2-3,6-7,9H2,1H3,(H,53,54)(H4,39,40,41). The van der Waals surface area contributed by atoms with E-state index in [0.29, 0.717) is 12.0 Å². The van der Waals surface area contributed by atoms with Gasteiger partial charge in [0, 0.05) is 54.5 Å². The summed E-state index contributed by atoms with van der Waals surface area (Å²) < 4.78 is 28.5. The van der Waals surface area contributed by atoms with E-state index in [1.54, 1.807) is 12.3 Å². The molecule has 22 nitrogen and oxygen atoms in total. The maximum atomic E-state index is 13.9. The summed E-state index contributed by atoms with van der Waals surface area (Å²) in [6.45, 7) is 1.71. The predicted octanol–water partition coefficient (Wildman–Crippen LogP) is -1.90. The number of aliphatic hydroxyl groups excluding tert-OH is 6. The van der Waals surface area contributed by atoms with E-state index in [1.165, 1.54) is 6.07 Å². The van der Waals surface area contributed by atoms with Gasteiger partial charge in [0.05, 0.1) is 0 Å². The summed E-state index contributed by atoms with van der Waals surface area (Å²) in [7, 11) is 0. The van der Waals surface area contributed by atoms with Crippen LogP contribution in [0.15, 0.2) is 56.8 Å². The molecule has 2 saturated heterocycles. The topological polar surface area (TPSA) is 384 Å². The number of guanidine groups is 1. The Hall–Kier alpha value is -5.98. The van der Waals surface area contributed by atoms with Gasteiger partial charge in [-0.15, -0.1) is 0 Å². The van der Waals surface area contributed by atoms with Crippen molar-refractivity contribution in [3.63, 3.8) is 0 Å². The van der Waals surface area contributed by atoms with Crippen molar-refractivity contribution in [1.29, 1.82) is 0 Å². The molecular weight excluding hydrogens is 800 g/mol. The van der Waals surface area contributed by atoms with Crippen LogP contribution in [0.25, 0.3) is 22.3 Å². The number of aromatic nitrogens is 1. The number of H-pyrrole nitrogens is 1. The summed E-state index contributed by atoms with van der Waals surface area (Å²) in [5, 5.41) is 106. The fourth-order valence-electron chi connectivity index (χ4n) is 6.96. The lowest BCUT2D eigenvalue weighted by molar-refractivity contribution is -0.353. The molecule has 10 unspecified atom stereocenters. The normalized spacial score (nSPS) is 27.9. The van der Waals surface area contributed by atoms with Crippen LogP contribution in [0.5, 0.6) is 23.0 Å². The van der Waals surface area contributed by atoms with Crippen LogP contribution in [-0.2, 0) is 36.6 Å². The minimum Gasteiger partial charge on any atom is -0.507 e. The van der Waals surface area contributed by atoms with Gasteiger partial charge in [-0.05, 0) is 42.7 Å². The highest BCUT2D eigenvalue weighted by Crippen LogP contribution is 2.41. The van der Waals surface area contributed by atoms with Gasteiger partial charge >= 0.3 is 11.9 Å². The number of aliphatic carboxylic acids is 1. The lowest BCUT2D eigenvalue weighted by atomic mass is 9.89. The molecule has 4 aromatic rings. The molecule has 2 aliphatic heterocycles. The number of carboxylic acid groups (broad SMARTS) is 1. The lowest BCUT2D eigenvalue weighted by Crippen LogP contribution is -2.68. The highest BCUT2D eigenvalue weighted by atomic mass is 16.8.